The molecular weight excluding hydrogens is 384 g/mol. The highest BCUT2D eigenvalue weighted by atomic mass is 35.5. The van der Waals surface area contributed by atoms with Crippen LogP contribution in [0.25, 0.3) is 0 Å². The average molecular weight is 403 g/mol. The van der Waals surface area contributed by atoms with Crippen molar-refractivity contribution in [3.05, 3.63) is 52.7 Å². The number of amides is 4. The molecule has 3 rings (SSSR count). The van der Waals surface area contributed by atoms with Crippen LogP contribution in [0.2, 0.25) is 5.02 Å². The number of halogens is 1. The van der Waals surface area contributed by atoms with Crippen LogP contribution in [0.15, 0.2) is 36.5 Å². The number of nitrogens with zero attached hydrogens (tertiary/aromatic N) is 2. The summed E-state index contributed by atoms with van der Waals surface area (Å²) in [7, 11) is 0. The van der Waals surface area contributed by atoms with E-state index in [1.807, 2.05) is 13.8 Å². The molecular formula is C19H19ClN4O4. The summed E-state index contributed by atoms with van der Waals surface area (Å²) in [6.07, 6.45) is 1.30. The van der Waals surface area contributed by atoms with E-state index in [0.29, 0.717) is 11.3 Å². The van der Waals surface area contributed by atoms with Gasteiger partial charge in [-0.05, 0) is 37.6 Å². The second kappa shape index (κ2) is 8.26. The molecule has 0 aliphatic carbocycles. The number of urea groups is 1. The standard InChI is InChI=1S/C19H19ClN4O4/c1-11(2)28-18-15(20)7-13(8-21-18)17(26)23-14-5-3-4-12(6-14)10-24-16(25)9-22-19(24)27/h3-8,11H,9-10H2,1-2H3,(H,22,27)(H,23,26). The molecule has 146 valence electrons. The molecule has 2 heterocycles. The third-order valence-electron chi connectivity index (χ3n) is 3.88. The van der Waals surface area contributed by atoms with E-state index in [1.54, 1.807) is 24.3 Å². The van der Waals surface area contributed by atoms with E-state index in [2.05, 4.69) is 15.6 Å². The lowest BCUT2D eigenvalue weighted by Gasteiger charge is -2.14. The zero-order chi connectivity index (χ0) is 20.3. The van der Waals surface area contributed by atoms with Gasteiger partial charge in [-0.15, -0.1) is 0 Å². The Labute approximate surface area is 166 Å². The summed E-state index contributed by atoms with van der Waals surface area (Å²) in [5, 5.41) is 5.46. The smallest absolute Gasteiger partial charge is 0.324 e. The molecule has 0 bridgehead atoms. The summed E-state index contributed by atoms with van der Waals surface area (Å²) >= 11 is 6.13. The zero-order valence-corrected chi connectivity index (χ0v) is 16.1. The topological polar surface area (TPSA) is 101 Å². The van der Waals surface area contributed by atoms with Crippen molar-refractivity contribution in [3.63, 3.8) is 0 Å². The molecule has 4 amide bonds. The number of ether oxygens (including phenoxy) is 1. The van der Waals surface area contributed by atoms with Gasteiger partial charge in [0.2, 0.25) is 11.8 Å². The maximum Gasteiger partial charge on any atom is 0.324 e. The molecule has 0 spiro atoms. The third kappa shape index (κ3) is 4.58. The van der Waals surface area contributed by atoms with Gasteiger partial charge in [-0.25, -0.2) is 9.78 Å². The van der Waals surface area contributed by atoms with Gasteiger partial charge in [-0.1, -0.05) is 23.7 Å². The summed E-state index contributed by atoms with van der Waals surface area (Å²) < 4.78 is 5.45. The fourth-order valence-electron chi connectivity index (χ4n) is 2.61. The first-order chi connectivity index (χ1) is 13.3. The number of carbonyl (C=O) groups excluding carboxylic acids is 3. The van der Waals surface area contributed by atoms with Crippen molar-refractivity contribution in [3.8, 4) is 5.88 Å². The van der Waals surface area contributed by atoms with E-state index < -0.39 is 11.9 Å². The molecule has 1 aliphatic rings. The SMILES string of the molecule is CC(C)Oc1ncc(C(=O)Nc2cccc(CN3C(=O)CNC3=O)c2)cc1Cl. The summed E-state index contributed by atoms with van der Waals surface area (Å²) in [5.41, 5.74) is 1.51. The van der Waals surface area contributed by atoms with Crippen molar-refractivity contribution >= 4 is 35.1 Å². The molecule has 8 nitrogen and oxygen atoms in total. The van der Waals surface area contributed by atoms with Gasteiger partial charge >= 0.3 is 6.03 Å². The number of hydrogen-bond donors (Lipinski definition) is 2. The largest absolute Gasteiger partial charge is 0.474 e. The van der Waals surface area contributed by atoms with E-state index in [1.165, 1.54) is 12.3 Å². The van der Waals surface area contributed by atoms with Crippen LogP contribution in [-0.2, 0) is 11.3 Å². The number of benzene rings is 1. The second-order valence-corrected chi connectivity index (χ2v) is 6.88. The molecule has 1 saturated heterocycles. The lowest BCUT2D eigenvalue weighted by Crippen LogP contribution is -2.30. The van der Waals surface area contributed by atoms with Crippen LogP contribution in [0.3, 0.4) is 0 Å². The average Bonchev–Trinajstić information content (AvgIpc) is 2.95. The molecule has 28 heavy (non-hydrogen) atoms. The number of rotatable bonds is 6. The molecule has 2 aromatic rings. The first kappa shape index (κ1) is 19.6. The van der Waals surface area contributed by atoms with Crippen LogP contribution in [0, 0.1) is 0 Å². The molecule has 1 fully saturated rings. The minimum Gasteiger partial charge on any atom is -0.474 e. The molecule has 0 radical (unpaired) electrons. The molecule has 2 N–H and O–H groups in total. The predicted octanol–water partition coefficient (Wildman–Crippen LogP) is 2.83. The van der Waals surface area contributed by atoms with Gasteiger partial charge in [-0.2, -0.15) is 0 Å². The van der Waals surface area contributed by atoms with Crippen LogP contribution in [0.1, 0.15) is 29.8 Å². The normalized spacial score (nSPS) is 13.6. The summed E-state index contributed by atoms with van der Waals surface area (Å²) in [6, 6.07) is 7.96. The van der Waals surface area contributed by atoms with Crippen molar-refractivity contribution in [2.45, 2.75) is 26.5 Å². The van der Waals surface area contributed by atoms with E-state index in [-0.39, 0.29) is 41.6 Å². The number of imide groups is 1. The Bertz CT molecular complexity index is 916. The first-order valence-electron chi connectivity index (χ1n) is 8.64. The summed E-state index contributed by atoms with van der Waals surface area (Å²) in [5.74, 6) is -0.412. The van der Waals surface area contributed by atoms with Crippen LogP contribution < -0.4 is 15.4 Å². The highest BCUT2D eigenvalue weighted by Crippen LogP contribution is 2.24. The Morgan fingerprint density at radius 2 is 2.14 bits per heavy atom. The lowest BCUT2D eigenvalue weighted by atomic mass is 10.1. The van der Waals surface area contributed by atoms with E-state index in [9.17, 15) is 14.4 Å². The first-order valence-corrected chi connectivity index (χ1v) is 9.02. The minimum absolute atomic E-state index is 0.000458. The fraction of sp³-hybridized carbons (Fsp3) is 0.263. The molecule has 1 aromatic heterocycles. The quantitative estimate of drug-likeness (QED) is 0.723. The predicted molar refractivity (Wildman–Crippen MR) is 103 cm³/mol. The highest BCUT2D eigenvalue weighted by molar-refractivity contribution is 6.32. The Kier molecular flexibility index (Phi) is 5.79. The Morgan fingerprint density at radius 1 is 1.36 bits per heavy atom. The Balaban J connectivity index is 1.70. The third-order valence-corrected chi connectivity index (χ3v) is 4.15. The molecule has 1 aliphatic heterocycles. The monoisotopic (exact) mass is 402 g/mol. The van der Waals surface area contributed by atoms with Crippen LogP contribution >= 0.6 is 11.6 Å². The minimum atomic E-state index is -0.427. The Hall–Kier alpha value is -3.13. The number of aromatic nitrogens is 1. The summed E-state index contributed by atoms with van der Waals surface area (Å²) in [6.45, 7) is 3.83. The molecule has 0 saturated carbocycles. The van der Waals surface area contributed by atoms with Crippen molar-refractivity contribution in [2.24, 2.45) is 0 Å². The fourth-order valence-corrected chi connectivity index (χ4v) is 2.82. The van der Waals surface area contributed by atoms with Crippen molar-refractivity contribution in [1.82, 2.24) is 15.2 Å². The highest BCUT2D eigenvalue weighted by Gasteiger charge is 2.28. The van der Waals surface area contributed by atoms with Crippen LogP contribution in [0.5, 0.6) is 5.88 Å². The van der Waals surface area contributed by atoms with Gasteiger partial charge < -0.3 is 15.4 Å². The van der Waals surface area contributed by atoms with Gasteiger partial charge in [-0.3, -0.25) is 14.5 Å². The van der Waals surface area contributed by atoms with Crippen molar-refractivity contribution < 1.29 is 19.1 Å². The van der Waals surface area contributed by atoms with Crippen molar-refractivity contribution in [2.75, 3.05) is 11.9 Å². The van der Waals surface area contributed by atoms with Crippen molar-refractivity contribution in [1.29, 1.82) is 0 Å². The van der Waals surface area contributed by atoms with Crippen LogP contribution in [-0.4, -0.2) is 40.4 Å². The van der Waals surface area contributed by atoms with E-state index >= 15 is 0 Å². The lowest BCUT2D eigenvalue weighted by molar-refractivity contribution is -0.125. The number of nitrogens with one attached hydrogen (secondary N) is 2. The molecule has 0 unspecified atom stereocenters. The van der Waals surface area contributed by atoms with Gasteiger partial charge in [0.15, 0.2) is 0 Å². The second-order valence-electron chi connectivity index (χ2n) is 6.47. The Morgan fingerprint density at radius 3 is 2.79 bits per heavy atom. The van der Waals surface area contributed by atoms with Gasteiger partial charge in [0.1, 0.15) is 5.02 Å². The molecule has 1 aromatic carbocycles. The van der Waals surface area contributed by atoms with E-state index in [0.717, 1.165) is 4.90 Å². The van der Waals surface area contributed by atoms with Gasteiger partial charge in [0.25, 0.3) is 5.91 Å². The maximum absolute atomic E-state index is 12.5. The number of anilines is 1. The van der Waals surface area contributed by atoms with Gasteiger partial charge in [0, 0.05) is 11.9 Å². The zero-order valence-electron chi connectivity index (χ0n) is 15.4. The maximum atomic E-state index is 12.5. The summed E-state index contributed by atoms with van der Waals surface area (Å²) in [4.78, 5) is 41.0. The number of carbonyl (C=O) groups is 3. The number of hydrogen-bond acceptors (Lipinski definition) is 5. The van der Waals surface area contributed by atoms with Crippen LogP contribution in [0.4, 0.5) is 10.5 Å². The van der Waals surface area contributed by atoms with Gasteiger partial charge in [0.05, 0.1) is 24.8 Å². The molecule has 0 atom stereocenters. The molecule has 9 heteroatoms. The number of pyridine rings is 1. The van der Waals surface area contributed by atoms with E-state index in [4.69, 9.17) is 16.3 Å².